The molecule has 2 aromatic carbocycles. The number of hydrogen-bond donors (Lipinski definition) is 2. The standard InChI is InChI=1S/C24H26N6O2S/c1-32-19-9-7-18(8-10-19)28-11-13-29(14-12-28)23(31)21(17-5-3-2-4-6-17)30-16-27-22(26)20(15-25)24(30)33/h2-10,15-16,21,25H,11-14,26H2,1H3. The molecule has 1 unspecified atom stereocenters. The van der Waals surface area contributed by atoms with Crippen LogP contribution in [0.4, 0.5) is 11.5 Å². The van der Waals surface area contributed by atoms with Crippen molar-refractivity contribution in [2.24, 2.45) is 0 Å². The van der Waals surface area contributed by atoms with Crippen LogP contribution in [0.3, 0.4) is 0 Å². The number of piperazine rings is 1. The van der Waals surface area contributed by atoms with E-state index in [1.807, 2.05) is 59.5 Å². The number of aromatic nitrogens is 2. The van der Waals surface area contributed by atoms with E-state index in [2.05, 4.69) is 9.88 Å². The fourth-order valence-corrected chi connectivity index (χ4v) is 4.34. The van der Waals surface area contributed by atoms with Crippen molar-refractivity contribution in [3.05, 3.63) is 76.7 Å². The number of anilines is 2. The SMILES string of the molecule is COc1ccc(N2CCN(C(=O)C(c3ccccc3)n3cnc(N)c(C=N)c3=S)CC2)cc1. The fraction of sp³-hybridized carbons (Fsp3) is 0.250. The first-order valence-corrected chi connectivity index (χ1v) is 11.0. The maximum absolute atomic E-state index is 13.8. The Morgan fingerprint density at radius 3 is 2.39 bits per heavy atom. The van der Waals surface area contributed by atoms with Crippen LogP contribution in [0.2, 0.25) is 0 Å². The van der Waals surface area contributed by atoms with Crippen molar-refractivity contribution < 1.29 is 9.53 Å². The van der Waals surface area contributed by atoms with Crippen molar-refractivity contribution in [3.8, 4) is 5.75 Å². The van der Waals surface area contributed by atoms with Crippen LogP contribution in [-0.2, 0) is 4.79 Å². The van der Waals surface area contributed by atoms with E-state index < -0.39 is 6.04 Å². The Hall–Kier alpha value is -3.72. The van der Waals surface area contributed by atoms with Crippen LogP contribution in [0, 0.1) is 10.0 Å². The Balaban J connectivity index is 1.59. The molecule has 170 valence electrons. The molecule has 9 heteroatoms. The summed E-state index contributed by atoms with van der Waals surface area (Å²) in [4.78, 5) is 22.1. The van der Waals surface area contributed by atoms with Gasteiger partial charge in [-0.2, -0.15) is 0 Å². The molecule has 33 heavy (non-hydrogen) atoms. The maximum Gasteiger partial charge on any atom is 0.250 e. The molecule has 1 aliphatic rings. The molecule has 1 aliphatic heterocycles. The van der Waals surface area contributed by atoms with Crippen LogP contribution in [0.5, 0.6) is 5.75 Å². The second kappa shape index (κ2) is 9.83. The largest absolute Gasteiger partial charge is 0.497 e. The van der Waals surface area contributed by atoms with Gasteiger partial charge in [0, 0.05) is 38.1 Å². The van der Waals surface area contributed by atoms with E-state index in [-0.39, 0.29) is 11.7 Å². The van der Waals surface area contributed by atoms with Gasteiger partial charge in [-0.15, -0.1) is 0 Å². The Morgan fingerprint density at radius 1 is 1.12 bits per heavy atom. The topological polar surface area (TPSA) is 100 Å². The van der Waals surface area contributed by atoms with Crippen molar-refractivity contribution in [2.75, 3.05) is 43.9 Å². The molecule has 0 aliphatic carbocycles. The summed E-state index contributed by atoms with van der Waals surface area (Å²) in [6.45, 7) is 2.61. The van der Waals surface area contributed by atoms with Crippen molar-refractivity contribution >= 4 is 35.8 Å². The number of nitrogens with one attached hydrogen (secondary N) is 1. The summed E-state index contributed by atoms with van der Waals surface area (Å²) >= 11 is 5.58. The van der Waals surface area contributed by atoms with Gasteiger partial charge in [0.15, 0.2) is 0 Å². The highest BCUT2D eigenvalue weighted by molar-refractivity contribution is 7.71. The lowest BCUT2D eigenvalue weighted by Gasteiger charge is -2.38. The number of ether oxygens (including phenoxy) is 1. The Morgan fingerprint density at radius 2 is 1.79 bits per heavy atom. The van der Waals surface area contributed by atoms with Gasteiger partial charge in [0.2, 0.25) is 5.91 Å². The number of carbonyl (C=O) groups is 1. The molecule has 1 atom stereocenters. The summed E-state index contributed by atoms with van der Waals surface area (Å²) in [5, 5.41) is 7.67. The summed E-state index contributed by atoms with van der Waals surface area (Å²) in [5.41, 5.74) is 8.14. The average molecular weight is 463 g/mol. The Labute approximate surface area is 197 Å². The van der Waals surface area contributed by atoms with Crippen LogP contribution in [0.25, 0.3) is 0 Å². The molecule has 0 spiro atoms. The lowest BCUT2D eigenvalue weighted by molar-refractivity contribution is -0.133. The lowest BCUT2D eigenvalue weighted by atomic mass is 10.0. The minimum absolute atomic E-state index is 0.0609. The third kappa shape index (κ3) is 4.58. The number of nitrogen functional groups attached to an aromatic ring is 1. The molecule has 8 nitrogen and oxygen atoms in total. The molecule has 2 heterocycles. The van der Waals surface area contributed by atoms with Crippen molar-refractivity contribution in [3.63, 3.8) is 0 Å². The van der Waals surface area contributed by atoms with E-state index in [9.17, 15) is 4.79 Å². The zero-order valence-corrected chi connectivity index (χ0v) is 19.2. The number of rotatable bonds is 6. The van der Waals surface area contributed by atoms with E-state index in [1.165, 1.54) is 6.33 Å². The monoisotopic (exact) mass is 462 g/mol. The Bertz CT molecular complexity index is 1190. The molecule has 3 N–H and O–H groups in total. The average Bonchev–Trinajstić information content (AvgIpc) is 2.86. The van der Waals surface area contributed by atoms with Crippen molar-refractivity contribution in [1.82, 2.24) is 14.5 Å². The van der Waals surface area contributed by atoms with Gasteiger partial charge >= 0.3 is 0 Å². The quantitative estimate of drug-likeness (QED) is 0.431. The zero-order valence-electron chi connectivity index (χ0n) is 18.3. The van der Waals surface area contributed by atoms with Crippen LogP contribution < -0.4 is 15.4 Å². The summed E-state index contributed by atoms with van der Waals surface area (Å²) in [5.74, 6) is 0.934. The van der Waals surface area contributed by atoms with E-state index >= 15 is 0 Å². The first kappa shape index (κ1) is 22.5. The Kier molecular flexibility index (Phi) is 6.69. The summed E-state index contributed by atoms with van der Waals surface area (Å²) in [6.07, 6.45) is 2.58. The van der Waals surface area contributed by atoms with Gasteiger partial charge in [-0.3, -0.25) is 4.79 Å². The summed E-state index contributed by atoms with van der Waals surface area (Å²) in [7, 11) is 1.65. The molecule has 4 rings (SSSR count). The number of carbonyl (C=O) groups excluding carboxylic acids is 1. The van der Waals surface area contributed by atoms with Crippen LogP contribution in [0.15, 0.2) is 60.9 Å². The molecule has 1 fully saturated rings. The van der Waals surface area contributed by atoms with Gasteiger partial charge in [-0.1, -0.05) is 42.5 Å². The number of methoxy groups -OCH3 is 1. The van der Waals surface area contributed by atoms with Crippen LogP contribution in [-0.4, -0.2) is 59.9 Å². The smallest absolute Gasteiger partial charge is 0.250 e. The molecule has 0 saturated carbocycles. The maximum atomic E-state index is 13.8. The normalized spacial score (nSPS) is 14.6. The highest BCUT2D eigenvalue weighted by Gasteiger charge is 2.30. The molecule has 1 aromatic heterocycles. The van der Waals surface area contributed by atoms with Crippen LogP contribution in [0.1, 0.15) is 17.2 Å². The highest BCUT2D eigenvalue weighted by atomic mass is 32.1. The molecule has 1 amide bonds. The third-order valence-corrected chi connectivity index (χ3v) is 6.29. The number of benzene rings is 2. The predicted octanol–water partition coefficient (Wildman–Crippen LogP) is 3.14. The number of nitrogens with zero attached hydrogens (tertiary/aromatic N) is 4. The third-order valence-electron chi connectivity index (χ3n) is 5.86. The number of nitrogens with two attached hydrogens (primary N) is 1. The van der Waals surface area contributed by atoms with E-state index in [1.54, 1.807) is 11.7 Å². The van der Waals surface area contributed by atoms with Gasteiger partial charge in [-0.05, 0) is 29.8 Å². The van der Waals surface area contributed by atoms with Gasteiger partial charge in [-0.25, -0.2) is 4.98 Å². The summed E-state index contributed by atoms with van der Waals surface area (Å²) in [6, 6.07) is 16.7. The molecule has 0 radical (unpaired) electrons. The second-order valence-electron chi connectivity index (χ2n) is 7.72. The molecular formula is C24H26N6O2S. The second-order valence-corrected chi connectivity index (χ2v) is 8.11. The lowest BCUT2D eigenvalue weighted by Crippen LogP contribution is -2.51. The van der Waals surface area contributed by atoms with Gasteiger partial charge < -0.3 is 30.2 Å². The highest BCUT2D eigenvalue weighted by Crippen LogP contribution is 2.25. The molecular weight excluding hydrogens is 436 g/mol. The van der Waals surface area contributed by atoms with Crippen molar-refractivity contribution in [1.29, 1.82) is 5.41 Å². The molecule has 3 aromatic rings. The van der Waals surface area contributed by atoms with Gasteiger partial charge in [0.1, 0.15) is 22.2 Å². The first-order chi connectivity index (χ1) is 16.0. The number of hydrogen-bond acceptors (Lipinski definition) is 7. The van der Waals surface area contributed by atoms with Crippen molar-refractivity contribution in [2.45, 2.75) is 6.04 Å². The molecule has 0 bridgehead atoms. The van der Waals surface area contributed by atoms with E-state index in [0.717, 1.165) is 36.3 Å². The predicted molar refractivity (Wildman–Crippen MR) is 132 cm³/mol. The van der Waals surface area contributed by atoms with Crippen LogP contribution >= 0.6 is 12.2 Å². The van der Waals surface area contributed by atoms with E-state index in [4.69, 9.17) is 28.1 Å². The minimum atomic E-state index is -0.682. The van der Waals surface area contributed by atoms with Gasteiger partial charge in [0.05, 0.1) is 19.0 Å². The number of amides is 1. The minimum Gasteiger partial charge on any atom is -0.497 e. The van der Waals surface area contributed by atoms with E-state index in [0.29, 0.717) is 23.3 Å². The van der Waals surface area contributed by atoms with Gasteiger partial charge in [0.25, 0.3) is 0 Å². The zero-order chi connectivity index (χ0) is 23.4. The first-order valence-electron chi connectivity index (χ1n) is 10.6. The molecule has 1 saturated heterocycles. The summed E-state index contributed by atoms with van der Waals surface area (Å²) < 4.78 is 7.19. The fourth-order valence-electron chi connectivity index (χ4n) is 4.02.